The first kappa shape index (κ1) is 9.73. The van der Waals surface area contributed by atoms with Crippen LogP contribution in [0.5, 0.6) is 0 Å². The smallest absolute Gasteiger partial charge is 0.220 e. The highest BCUT2D eigenvalue weighted by atomic mass is 32.2. The summed E-state index contributed by atoms with van der Waals surface area (Å²) in [6, 6.07) is 0. The second-order valence-corrected chi connectivity index (χ2v) is 4.39. The lowest BCUT2D eigenvalue weighted by atomic mass is 10.1. The van der Waals surface area contributed by atoms with Crippen LogP contribution < -0.4 is 11.1 Å². The number of thioether (sulfide) groups is 1. The minimum absolute atomic E-state index is 0.400. The highest BCUT2D eigenvalue weighted by Gasteiger charge is 2.16. The lowest BCUT2D eigenvalue weighted by molar-refractivity contribution is 0.765. The number of nitrogens with one attached hydrogen (secondary N) is 1. The van der Waals surface area contributed by atoms with E-state index in [1.165, 1.54) is 5.56 Å². The van der Waals surface area contributed by atoms with E-state index in [2.05, 4.69) is 15.3 Å². The van der Waals surface area contributed by atoms with Crippen molar-refractivity contribution in [3.8, 4) is 0 Å². The minimum atomic E-state index is 0.400. The summed E-state index contributed by atoms with van der Waals surface area (Å²) >= 11 is 1.91. The van der Waals surface area contributed by atoms with Crippen molar-refractivity contribution in [2.75, 3.05) is 18.5 Å². The lowest BCUT2D eigenvalue weighted by Gasteiger charge is -2.17. The van der Waals surface area contributed by atoms with E-state index in [0.717, 1.165) is 35.9 Å². The van der Waals surface area contributed by atoms with Gasteiger partial charge in [0, 0.05) is 12.3 Å². The van der Waals surface area contributed by atoms with Crippen LogP contribution in [0, 0.1) is 0 Å². The van der Waals surface area contributed by atoms with Crippen molar-refractivity contribution in [2.24, 2.45) is 0 Å². The predicted octanol–water partition coefficient (Wildman–Crippen LogP) is 0.568. The molecule has 1 aliphatic heterocycles. The molecule has 5 heteroatoms. The monoisotopic (exact) mass is 210 g/mol. The summed E-state index contributed by atoms with van der Waals surface area (Å²) < 4.78 is 0. The predicted molar refractivity (Wildman–Crippen MR) is 59.1 cm³/mol. The third-order valence-electron chi connectivity index (χ3n) is 2.28. The fourth-order valence-electron chi connectivity index (χ4n) is 1.67. The van der Waals surface area contributed by atoms with Crippen molar-refractivity contribution in [2.45, 2.75) is 18.7 Å². The van der Waals surface area contributed by atoms with Crippen LogP contribution in [-0.4, -0.2) is 22.8 Å². The van der Waals surface area contributed by atoms with E-state index in [0.29, 0.717) is 5.95 Å². The summed E-state index contributed by atoms with van der Waals surface area (Å²) in [5, 5.41) is 3.11. The summed E-state index contributed by atoms with van der Waals surface area (Å²) in [7, 11) is 1.92. The maximum absolute atomic E-state index is 5.65. The van der Waals surface area contributed by atoms with Crippen molar-refractivity contribution in [1.29, 1.82) is 0 Å². The zero-order valence-electron chi connectivity index (χ0n) is 8.21. The molecule has 0 spiro atoms. The molecule has 0 atom stereocenters. The van der Waals surface area contributed by atoms with Crippen LogP contribution in [0.15, 0.2) is 0 Å². The Labute approximate surface area is 87.7 Å². The number of anilines is 1. The second-order valence-electron chi connectivity index (χ2n) is 3.29. The number of hydrogen-bond donors (Lipinski definition) is 2. The molecule has 0 unspecified atom stereocenters. The number of aromatic nitrogens is 2. The molecule has 0 saturated carbocycles. The molecule has 1 aromatic rings. The first-order valence-electron chi connectivity index (χ1n) is 4.67. The van der Waals surface area contributed by atoms with Crippen LogP contribution in [0.2, 0.25) is 0 Å². The molecule has 0 radical (unpaired) electrons. The van der Waals surface area contributed by atoms with Gasteiger partial charge in [-0.15, -0.1) is 0 Å². The van der Waals surface area contributed by atoms with E-state index >= 15 is 0 Å². The van der Waals surface area contributed by atoms with Gasteiger partial charge in [-0.1, -0.05) is 0 Å². The lowest BCUT2D eigenvalue weighted by Crippen LogP contribution is -2.17. The zero-order valence-corrected chi connectivity index (χ0v) is 9.02. The molecule has 0 amide bonds. The number of nitrogens with zero attached hydrogens (tertiary/aromatic N) is 2. The highest BCUT2D eigenvalue weighted by molar-refractivity contribution is 7.98. The first-order chi connectivity index (χ1) is 6.81. The van der Waals surface area contributed by atoms with Gasteiger partial charge in [-0.05, 0) is 24.8 Å². The summed E-state index contributed by atoms with van der Waals surface area (Å²) in [4.78, 5) is 8.55. The van der Waals surface area contributed by atoms with Gasteiger partial charge in [0.1, 0.15) is 0 Å². The molecule has 76 valence electrons. The molecule has 2 heterocycles. The molecular weight excluding hydrogens is 196 g/mol. The maximum atomic E-state index is 5.65. The van der Waals surface area contributed by atoms with Crippen LogP contribution >= 0.6 is 11.8 Å². The van der Waals surface area contributed by atoms with E-state index in [9.17, 15) is 0 Å². The number of nitrogens with two attached hydrogens (primary N) is 1. The molecule has 14 heavy (non-hydrogen) atoms. The molecule has 0 aliphatic carbocycles. The van der Waals surface area contributed by atoms with Crippen LogP contribution in [-0.2, 0) is 18.7 Å². The third-order valence-corrected chi connectivity index (χ3v) is 3.25. The highest BCUT2D eigenvalue weighted by Crippen LogP contribution is 2.25. The maximum Gasteiger partial charge on any atom is 0.220 e. The van der Waals surface area contributed by atoms with Gasteiger partial charge < -0.3 is 11.1 Å². The Morgan fingerprint density at radius 2 is 2.36 bits per heavy atom. The summed E-state index contributed by atoms with van der Waals surface area (Å²) in [5.41, 5.74) is 9.14. The average molecular weight is 210 g/mol. The molecule has 0 saturated heterocycles. The number of fused-ring (bicyclic) bond motifs is 1. The van der Waals surface area contributed by atoms with Crippen molar-refractivity contribution in [1.82, 2.24) is 15.3 Å². The molecule has 0 aromatic carbocycles. The van der Waals surface area contributed by atoms with Gasteiger partial charge in [-0.2, -0.15) is 11.8 Å². The van der Waals surface area contributed by atoms with E-state index in [1.54, 1.807) is 0 Å². The summed E-state index contributed by atoms with van der Waals surface area (Å²) in [6.07, 6.45) is 1.07. The van der Waals surface area contributed by atoms with Crippen molar-refractivity contribution in [3.05, 3.63) is 17.0 Å². The Kier molecular flexibility index (Phi) is 2.88. The topological polar surface area (TPSA) is 63.8 Å². The van der Waals surface area contributed by atoms with Crippen molar-refractivity contribution < 1.29 is 0 Å². The van der Waals surface area contributed by atoms with Gasteiger partial charge in [-0.3, -0.25) is 0 Å². The van der Waals surface area contributed by atoms with Crippen LogP contribution in [0.1, 0.15) is 17.0 Å². The Morgan fingerprint density at radius 1 is 1.50 bits per heavy atom. The first-order valence-corrected chi connectivity index (χ1v) is 5.83. The summed E-state index contributed by atoms with van der Waals surface area (Å²) in [5.74, 6) is 2.53. The largest absolute Gasteiger partial charge is 0.368 e. The van der Waals surface area contributed by atoms with Crippen LogP contribution in [0.25, 0.3) is 0 Å². The molecule has 2 rings (SSSR count). The van der Waals surface area contributed by atoms with Gasteiger partial charge in [0.2, 0.25) is 5.95 Å². The zero-order chi connectivity index (χ0) is 9.97. The Hall–Kier alpha value is -0.810. The van der Waals surface area contributed by atoms with Gasteiger partial charge in [-0.25, -0.2) is 9.97 Å². The second kappa shape index (κ2) is 4.14. The van der Waals surface area contributed by atoms with Crippen LogP contribution in [0.4, 0.5) is 5.95 Å². The Bertz CT molecular complexity index is 340. The third kappa shape index (κ3) is 1.83. The van der Waals surface area contributed by atoms with Gasteiger partial charge in [0.05, 0.1) is 11.4 Å². The van der Waals surface area contributed by atoms with Gasteiger partial charge in [0.15, 0.2) is 0 Å². The quantitative estimate of drug-likeness (QED) is 0.747. The van der Waals surface area contributed by atoms with Gasteiger partial charge in [0.25, 0.3) is 0 Å². The van der Waals surface area contributed by atoms with E-state index < -0.39 is 0 Å². The van der Waals surface area contributed by atoms with E-state index in [4.69, 9.17) is 5.73 Å². The Balaban J connectivity index is 2.41. The standard InChI is InChI=1S/C9H14N4S/c1-11-4-7-6-2-3-14-5-8(6)13-9(10)12-7/h11H,2-5H2,1H3,(H2,10,12,13). The average Bonchev–Trinajstić information content (AvgIpc) is 2.18. The molecule has 1 aliphatic rings. The Morgan fingerprint density at radius 3 is 3.14 bits per heavy atom. The molecule has 0 bridgehead atoms. The molecule has 4 nitrogen and oxygen atoms in total. The minimum Gasteiger partial charge on any atom is -0.368 e. The normalized spacial score (nSPS) is 15.2. The summed E-state index contributed by atoms with van der Waals surface area (Å²) in [6.45, 7) is 0.778. The molecular formula is C9H14N4S. The number of rotatable bonds is 2. The fourth-order valence-corrected chi connectivity index (χ4v) is 2.59. The van der Waals surface area contributed by atoms with Crippen molar-refractivity contribution in [3.63, 3.8) is 0 Å². The number of hydrogen-bond acceptors (Lipinski definition) is 5. The molecule has 1 aromatic heterocycles. The SMILES string of the molecule is CNCc1nc(N)nc2c1CCSC2. The molecule has 0 fully saturated rings. The van der Waals surface area contributed by atoms with E-state index in [-0.39, 0.29) is 0 Å². The fraction of sp³-hybridized carbons (Fsp3) is 0.556. The van der Waals surface area contributed by atoms with E-state index in [1.807, 2.05) is 18.8 Å². The van der Waals surface area contributed by atoms with Crippen LogP contribution in [0.3, 0.4) is 0 Å². The van der Waals surface area contributed by atoms with Crippen molar-refractivity contribution >= 4 is 17.7 Å². The molecule has 3 N–H and O–H groups in total. The van der Waals surface area contributed by atoms with Gasteiger partial charge >= 0.3 is 0 Å². The number of nitrogen functional groups attached to an aromatic ring is 1.